The van der Waals surface area contributed by atoms with Gasteiger partial charge in [-0.1, -0.05) is 6.58 Å². The van der Waals surface area contributed by atoms with Crippen LogP contribution in [0.4, 0.5) is 8.78 Å². The van der Waals surface area contributed by atoms with Crippen LogP contribution < -0.4 is 5.73 Å². The molecule has 8 heteroatoms. The molecule has 0 aromatic carbocycles. The first kappa shape index (κ1) is 14.9. The van der Waals surface area contributed by atoms with E-state index in [1.165, 1.54) is 17.2 Å². The zero-order valence-electron chi connectivity index (χ0n) is 10.7. The highest BCUT2D eigenvalue weighted by Gasteiger charge is 2.56. The van der Waals surface area contributed by atoms with Gasteiger partial charge >= 0.3 is 0 Å². The van der Waals surface area contributed by atoms with Crippen LogP contribution in [0.5, 0.6) is 0 Å². The zero-order chi connectivity index (χ0) is 14.9. The molecule has 0 unspecified atom stereocenters. The fraction of sp³-hybridized carbons (Fsp3) is 0.583. The van der Waals surface area contributed by atoms with Crippen molar-refractivity contribution in [2.45, 2.75) is 17.9 Å². The third-order valence-corrected chi connectivity index (χ3v) is 3.57. The Bertz CT molecular complexity index is 451. The van der Waals surface area contributed by atoms with Gasteiger partial charge in [-0.2, -0.15) is 0 Å². The number of nitrogens with zero attached hydrogens (tertiary/aromatic N) is 2. The van der Waals surface area contributed by atoms with Crippen LogP contribution >= 0.6 is 0 Å². The van der Waals surface area contributed by atoms with Crippen LogP contribution in [-0.4, -0.2) is 58.8 Å². The maximum atomic E-state index is 13.2. The molecule has 0 aromatic rings. The SMILES string of the molecule is C=C1N=C(N)C=CN1[C@@H]1O[C@@](CO)(CF)[C@@H](O)[C@@H]1CF. The molecule has 0 aromatic heterocycles. The fourth-order valence-corrected chi connectivity index (χ4v) is 2.37. The van der Waals surface area contributed by atoms with Crippen molar-refractivity contribution in [3.05, 3.63) is 24.7 Å². The average Bonchev–Trinajstić information content (AvgIpc) is 2.71. The highest BCUT2D eigenvalue weighted by atomic mass is 19.1. The van der Waals surface area contributed by atoms with Crippen LogP contribution in [0.15, 0.2) is 29.7 Å². The molecule has 0 spiro atoms. The summed E-state index contributed by atoms with van der Waals surface area (Å²) in [6.07, 6.45) is 0.431. The molecular weight excluding hydrogens is 272 g/mol. The lowest BCUT2D eigenvalue weighted by molar-refractivity contribution is -0.142. The first-order valence-corrected chi connectivity index (χ1v) is 6.07. The number of amidine groups is 1. The molecule has 4 N–H and O–H groups in total. The summed E-state index contributed by atoms with van der Waals surface area (Å²) in [5.41, 5.74) is 3.67. The second-order valence-electron chi connectivity index (χ2n) is 4.80. The molecule has 20 heavy (non-hydrogen) atoms. The third kappa shape index (κ3) is 2.19. The lowest BCUT2D eigenvalue weighted by Gasteiger charge is -2.32. The van der Waals surface area contributed by atoms with Crippen molar-refractivity contribution >= 4 is 5.84 Å². The number of hydrogen-bond acceptors (Lipinski definition) is 6. The lowest BCUT2D eigenvalue weighted by Crippen LogP contribution is -2.47. The predicted molar refractivity (Wildman–Crippen MR) is 67.9 cm³/mol. The molecule has 1 fully saturated rings. The van der Waals surface area contributed by atoms with E-state index >= 15 is 0 Å². The van der Waals surface area contributed by atoms with Crippen molar-refractivity contribution < 1.29 is 23.7 Å². The van der Waals surface area contributed by atoms with Gasteiger partial charge in [-0.05, 0) is 6.08 Å². The number of rotatable bonds is 4. The Morgan fingerprint density at radius 3 is 2.75 bits per heavy atom. The molecule has 0 saturated carbocycles. The molecular formula is C12H17F2N3O3. The number of aliphatic hydroxyl groups excluding tert-OH is 2. The minimum atomic E-state index is -1.83. The summed E-state index contributed by atoms with van der Waals surface area (Å²) in [4.78, 5) is 5.26. The molecule has 2 heterocycles. The van der Waals surface area contributed by atoms with Crippen molar-refractivity contribution in [1.29, 1.82) is 0 Å². The first-order chi connectivity index (χ1) is 9.49. The van der Waals surface area contributed by atoms with Gasteiger partial charge in [0.25, 0.3) is 0 Å². The number of hydrogen-bond donors (Lipinski definition) is 3. The molecule has 6 nitrogen and oxygen atoms in total. The number of nitrogens with two attached hydrogens (primary N) is 1. The van der Waals surface area contributed by atoms with E-state index in [0.717, 1.165) is 0 Å². The van der Waals surface area contributed by atoms with Gasteiger partial charge in [-0.25, -0.2) is 9.38 Å². The number of aliphatic hydroxyl groups is 2. The van der Waals surface area contributed by atoms with Gasteiger partial charge < -0.3 is 25.6 Å². The molecule has 1 saturated heterocycles. The Hall–Kier alpha value is -1.51. The van der Waals surface area contributed by atoms with Crippen molar-refractivity contribution in [3.63, 3.8) is 0 Å². The normalized spacial score (nSPS) is 37.4. The van der Waals surface area contributed by atoms with Gasteiger partial charge in [0.05, 0.1) is 25.3 Å². The smallest absolute Gasteiger partial charge is 0.148 e. The summed E-state index contributed by atoms with van der Waals surface area (Å²) < 4.78 is 31.7. The first-order valence-electron chi connectivity index (χ1n) is 6.07. The second-order valence-corrected chi connectivity index (χ2v) is 4.80. The number of alkyl halides is 2. The Balaban J connectivity index is 2.28. The number of ether oxygens (including phenoxy) is 1. The van der Waals surface area contributed by atoms with E-state index in [1.54, 1.807) is 0 Å². The minimum Gasteiger partial charge on any atom is -0.393 e. The van der Waals surface area contributed by atoms with Crippen molar-refractivity contribution in [2.24, 2.45) is 16.6 Å². The molecule has 0 aliphatic carbocycles. The average molecular weight is 289 g/mol. The maximum absolute atomic E-state index is 13.2. The van der Waals surface area contributed by atoms with Gasteiger partial charge in [0.1, 0.15) is 30.2 Å². The van der Waals surface area contributed by atoms with E-state index < -0.39 is 43.8 Å². The van der Waals surface area contributed by atoms with Gasteiger partial charge in [0.2, 0.25) is 0 Å². The number of aliphatic imine (C=N–C) groups is 1. The monoisotopic (exact) mass is 289 g/mol. The highest BCUT2D eigenvalue weighted by Crippen LogP contribution is 2.39. The summed E-state index contributed by atoms with van der Waals surface area (Å²) in [7, 11) is 0. The third-order valence-electron chi connectivity index (χ3n) is 3.57. The minimum absolute atomic E-state index is 0.188. The highest BCUT2D eigenvalue weighted by molar-refractivity contribution is 5.92. The van der Waals surface area contributed by atoms with Gasteiger partial charge in [-0.15, -0.1) is 0 Å². The van der Waals surface area contributed by atoms with E-state index in [4.69, 9.17) is 10.5 Å². The van der Waals surface area contributed by atoms with E-state index in [2.05, 4.69) is 11.6 Å². The quantitative estimate of drug-likeness (QED) is 0.658. The lowest BCUT2D eigenvalue weighted by atomic mass is 9.91. The van der Waals surface area contributed by atoms with Crippen LogP contribution in [0.1, 0.15) is 0 Å². The summed E-state index contributed by atoms with van der Waals surface area (Å²) >= 11 is 0. The van der Waals surface area contributed by atoms with Gasteiger partial charge in [0.15, 0.2) is 0 Å². The molecule has 112 valence electrons. The predicted octanol–water partition coefficient (Wildman–Crippen LogP) is -0.352. The summed E-state index contributed by atoms with van der Waals surface area (Å²) in [5.74, 6) is -0.623. The van der Waals surface area contributed by atoms with Crippen LogP contribution in [0.2, 0.25) is 0 Å². The molecule has 0 amide bonds. The van der Waals surface area contributed by atoms with Crippen LogP contribution in [0.25, 0.3) is 0 Å². The van der Waals surface area contributed by atoms with Crippen LogP contribution in [0, 0.1) is 5.92 Å². The Morgan fingerprint density at radius 2 is 2.25 bits per heavy atom. The van der Waals surface area contributed by atoms with Crippen molar-refractivity contribution in [1.82, 2.24) is 4.90 Å². The zero-order valence-corrected chi connectivity index (χ0v) is 10.7. The topological polar surface area (TPSA) is 91.3 Å². The second kappa shape index (κ2) is 5.47. The number of halogens is 2. The maximum Gasteiger partial charge on any atom is 0.148 e. The molecule has 0 radical (unpaired) electrons. The summed E-state index contributed by atoms with van der Waals surface area (Å²) in [6, 6.07) is 0. The van der Waals surface area contributed by atoms with Crippen LogP contribution in [0.3, 0.4) is 0 Å². The standard InChI is InChI=1S/C12H17F2N3O3/c1-7-16-9(15)2-3-17(7)11-8(4-13)10(19)12(5-14,6-18)20-11/h2-3,8,10-11,18-19H,1,4-6H2,(H2,15,16)/t8-,10-,11+,12+/m0/s1. The van der Waals surface area contributed by atoms with E-state index in [-0.39, 0.29) is 11.7 Å². The fourth-order valence-electron chi connectivity index (χ4n) is 2.37. The molecule has 2 rings (SSSR count). The summed E-state index contributed by atoms with van der Waals surface area (Å²) in [5, 5.41) is 19.3. The van der Waals surface area contributed by atoms with E-state index in [0.29, 0.717) is 0 Å². The molecule has 2 aliphatic rings. The molecule has 2 aliphatic heterocycles. The van der Waals surface area contributed by atoms with E-state index in [1.807, 2.05) is 0 Å². The molecule has 4 atom stereocenters. The Kier molecular flexibility index (Phi) is 4.07. The van der Waals surface area contributed by atoms with Crippen molar-refractivity contribution in [3.8, 4) is 0 Å². The largest absolute Gasteiger partial charge is 0.393 e. The Morgan fingerprint density at radius 1 is 1.55 bits per heavy atom. The molecule has 0 bridgehead atoms. The van der Waals surface area contributed by atoms with E-state index in [9.17, 15) is 19.0 Å². The van der Waals surface area contributed by atoms with Gasteiger partial charge in [-0.3, -0.25) is 4.39 Å². The van der Waals surface area contributed by atoms with Crippen LogP contribution in [-0.2, 0) is 4.74 Å². The summed E-state index contributed by atoms with van der Waals surface area (Å²) in [6.45, 7) is 0.822. The van der Waals surface area contributed by atoms with Crippen molar-refractivity contribution in [2.75, 3.05) is 20.0 Å². The Labute approximate surface area is 114 Å². The van der Waals surface area contributed by atoms with Gasteiger partial charge in [0, 0.05) is 6.20 Å².